The maximum atomic E-state index is 5.85. The third-order valence-corrected chi connectivity index (χ3v) is 3.77. The molecule has 1 aliphatic rings. The molecule has 0 unspecified atom stereocenters. The van der Waals surface area contributed by atoms with Gasteiger partial charge in [0.15, 0.2) is 5.96 Å². The van der Waals surface area contributed by atoms with Crippen molar-refractivity contribution >= 4 is 5.96 Å². The van der Waals surface area contributed by atoms with E-state index in [1.165, 1.54) is 0 Å². The largest absolute Gasteiger partial charge is 0.492 e. The van der Waals surface area contributed by atoms with Crippen molar-refractivity contribution in [2.75, 3.05) is 46.6 Å². The van der Waals surface area contributed by atoms with Crippen LogP contribution in [0.15, 0.2) is 35.3 Å². The summed E-state index contributed by atoms with van der Waals surface area (Å²) in [6, 6.07) is 9.80. The highest BCUT2D eigenvalue weighted by Gasteiger charge is 2.13. The van der Waals surface area contributed by atoms with Crippen LogP contribution >= 0.6 is 0 Å². The Labute approximate surface area is 144 Å². The standard InChI is InChI=1S/C18H29N3O3/c1-19-18(21-11-15-24-16-6-3-2-4-7-16)20-10-5-12-23-17-8-13-22-14-9-17/h2-4,6-7,17H,5,8-15H2,1H3,(H2,19,20,21). The van der Waals surface area contributed by atoms with Crippen LogP contribution in [0.5, 0.6) is 5.75 Å². The molecule has 6 heteroatoms. The summed E-state index contributed by atoms with van der Waals surface area (Å²) >= 11 is 0. The summed E-state index contributed by atoms with van der Waals surface area (Å²) in [6.45, 7) is 4.55. The molecule has 1 heterocycles. The van der Waals surface area contributed by atoms with Crippen molar-refractivity contribution in [2.45, 2.75) is 25.4 Å². The molecule has 2 N–H and O–H groups in total. The number of aliphatic imine (C=N–C) groups is 1. The van der Waals surface area contributed by atoms with Crippen molar-refractivity contribution < 1.29 is 14.2 Å². The van der Waals surface area contributed by atoms with Crippen LogP contribution in [0.25, 0.3) is 0 Å². The van der Waals surface area contributed by atoms with E-state index >= 15 is 0 Å². The van der Waals surface area contributed by atoms with Gasteiger partial charge in [0, 0.05) is 33.4 Å². The number of guanidine groups is 1. The average Bonchev–Trinajstić information content (AvgIpc) is 2.65. The molecule has 6 nitrogen and oxygen atoms in total. The molecule has 134 valence electrons. The number of nitrogens with one attached hydrogen (secondary N) is 2. The quantitative estimate of drug-likeness (QED) is 0.409. The molecule has 1 aromatic rings. The molecule has 1 saturated heterocycles. The molecule has 0 atom stereocenters. The van der Waals surface area contributed by atoms with E-state index < -0.39 is 0 Å². The maximum Gasteiger partial charge on any atom is 0.191 e. The van der Waals surface area contributed by atoms with Gasteiger partial charge in [-0.2, -0.15) is 0 Å². The van der Waals surface area contributed by atoms with E-state index in [0.717, 1.165) is 57.3 Å². The summed E-state index contributed by atoms with van der Waals surface area (Å²) in [4.78, 5) is 4.20. The van der Waals surface area contributed by atoms with Crippen molar-refractivity contribution in [2.24, 2.45) is 4.99 Å². The lowest BCUT2D eigenvalue weighted by Crippen LogP contribution is -2.40. The van der Waals surface area contributed by atoms with Crippen LogP contribution < -0.4 is 15.4 Å². The van der Waals surface area contributed by atoms with E-state index in [0.29, 0.717) is 19.3 Å². The number of ether oxygens (including phenoxy) is 3. The summed E-state index contributed by atoms with van der Waals surface area (Å²) in [7, 11) is 1.77. The predicted molar refractivity (Wildman–Crippen MR) is 95.7 cm³/mol. The Morgan fingerprint density at radius 3 is 2.62 bits per heavy atom. The lowest BCUT2D eigenvalue weighted by Gasteiger charge is -2.22. The fourth-order valence-corrected chi connectivity index (χ4v) is 2.45. The molecule has 0 radical (unpaired) electrons. The van der Waals surface area contributed by atoms with Gasteiger partial charge >= 0.3 is 0 Å². The van der Waals surface area contributed by atoms with Crippen molar-refractivity contribution in [1.29, 1.82) is 0 Å². The van der Waals surface area contributed by atoms with Crippen LogP contribution in [-0.2, 0) is 9.47 Å². The van der Waals surface area contributed by atoms with Crippen molar-refractivity contribution in [1.82, 2.24) is 10.6 Å². The molecule has 0 spiro atoms. The van der Waals surface area contributed by atoms with Gasteiger partial charge in [0.1, 0.15) is 12.4 Å². The van der Waals surface area contributed by atoms with E-state index in [4.69, 9.17) is 14.2 Å². The fourth-order valence-electron chi connectivity index (χ4n) is 2.45. The van der Waals surface area contributed by atoms with E-state index in [2.05, 4.69) is 15.6 Å². The zero-order valence-electron chi connectivity index (χ0n) is 14.5. The number of nitrogens with zero attached hydrogens (tertiary/aromatic N) is 1. The molecule has 1 aliphatic heterocycles. The molecule has 1 fully saturated rings. The van der Waals surface area contributed by atoms with Gasteiger partial charge in [-0.15, -0.1) is 0 Å². The van der Waals surface area contributed by atoms with Crippen LogP contribution in [0.3, 0.4) is 0 Å². The van der Waals surface area contributed by atoms with Gasteiger partial charge < -0.3 is 24.8 Å². The topological polar surface area (TPSA) is 64.1 Å². The summed E-state index contributed by atoms with van der Waals surface area (Å²) in [5.74, 6) is 1.67. The fraction of sp³-hybridized carbons (Fsp3) is 0.611. The Bertz CT molecular complexity index is 462. The Morgan fingerprint density at radius 1 is 1.12 bits per heavy atom. The van der Waals surface area contributed by atoms with Crippen LogP contribution in [0.2, 0.25) is 0 Å². The molecular weight excluding hydrogens is 306 g/mol. The van der Waals surface area contributed by atoms with Gasteiger partial charge in [-0.3, -0.25) is 4.99 Å². The Kier molecular flexibility index (Phi) is 9.04. The molecule has 2 rings (SSSR count). The molecule has 1 aromatic carbocycles. The van der Waals surface area contributed by atoms with Crippen molar-refractivity contribution in [3.05, 3.63) is 30.3 Å². The monoisotopic (exact) mass is 335 g/mol. The first kappa shape index (κ1) is 18.5. The van der Waals surface area contributed by atoms with Crippen LogP contribution in [0.1, 0.15) is 19.3 Å². The van der Waals surface area contributed by atoms with E-state index in [1.807, 2.05) is 30.3 Å². The SMILES string of the molecule is CN=C(NCCCOC1CCOCC1)NCCOc1ccccc1. The zero-order chi connectivity index (χ0) is 16.9. The highest BCUT2D eigenvalue weighted by molar-refractivity contribution is 5.79. The Balaban J connectivity index is 1.47. The summed E-state index contributed by atoms with van der Waals surface area (Å²) < 4.78 is 16.8. The van der Waals surface area contributed by atoms with Gasteiger partial charge in [0.2, 0.25) is 0 Å². The molecule has 24 heavy (non-hydrogen) atoms. The normalized spacial score (nSPS) is 16.0. The molecule has 0 amide bonds. The number of hydrogen-bond acceptors (Lipinski definition) is 4. The molecule has 0 saturated carbocycles. The lowest BCUT2D eigenvalue weighted by molar-refractivity contribution is -0.0320. The Hall–Kier alpha value is -1.79. The minimum absolute atomic E-state index is 0.367. The van der Waals surface area contributed by atoms with Gasteiger partial charge in [-0.25, -0.2) is 0 Å². The first-order valence-corrected chi connectivity index (χ1v) is 8.70. The van der Waals surface area contributed by atoms with Gasteiger partial charge in [-0.05, 0) is 31.4 Å². The van der Waals surface area contributed by atoms with Crippen molar-refractivity contribution in [3.63, 3.8) is 0 Å². The Morgan fingerprint density at radius 2 is 1.88 bits per heavy atom. The number of rotatable bonds is 9. The lowest BCUT2D eigenvalue weighted by atomic mass is 10.1. The molecular formula is C18H29N3O3. The first-order valence-electron chi connectivity index (χ1n) is 8.70. The highest BCUT2D eigenvalue weighted by atomic mass is 16.5. The number of benzene rings is 1. The van der Waals surface area contributed by atoms with Crippen LogP contribution in [-0.4, -0.2) is 58.6 Å². The molecule has 0 bridgehead atoms. The summed E-state index contributed by atoms with van der Waals surface area (Å²) in [5.41, 5.74) is 0. The second-order valence-electron chi connectivity index (χ2n) is 5.62. The van der Waals surface area contributed by atoms with Crippen molar-refractivity contribution in [3.8, 4) is 5.75 Å². The third-order valence-electron chi connectivity index (χ3n) is 3.77. The average molecular weight is 335 g/mol. The summed E-state index contributed by atoms with van der Waals surface area (Å²) in [5, 5.41) is 6.52. The number of hydrogen-bond donors (Lipinski definition) is 2. The predicted octanol–water partition coefficient (Wildman–Crippen LogP) is 1.82. The summed E-state index contributed by atoms with van der Waals surface area (Å²) in [6.07, 6.45) is 3.35. The van der Waals surface area contributed by atoms with E-state index in [9.17, 15) is 0 Å². The van der Waals surface area contributed by atoms with Gasteiger partial charge in [0.25, 0.3) is 0 Å². The zero-order valence-corrected chi connectivity index (χ0v) is 14.5. The minimum atomic E-state index is 0.367. The first-order chi connectivity index (χ1) is 11.9. The van der Waals surface area contributed by atoms with E-state index in [1.54, 1.807) is 7.05 Å². The second-order valence-corrected chi connectivity index (χ2v) is 5.62. The smallest absolute Gasteiger partial charge is 0.191 e. The minimum Gasteiger partial charge on any atom is -0.492 e. The maximum absolute atomic E-state index is 5.85. The number of para-hydroxylation sites is 1. The van der Waals surface area contributed by atoms with E-state index in [-0.39, 0.29) is 0 Å². The van der Waals surface area contributed by atoms with Crippen LogP contribution in [0, 0.1) is 0 Å². The second kappa shape index (κ2) is 11.7. The van der Waals surface area contributed by atoms with Gasteiger partial charge in [0.05, 0.1) is 12.6 Å². The van der Waals surface area contributed by atoms with Crippen LogP contribution in [0.4, 0.5) is 0 Å². The molecule has 0 aliphatic carbocycles. The third kappa shape index (κ3) is 7.66. The molecule has 0 aromatic heterocycles. The van der Waals surface area contributed by atoms with Gasteiger partial charge in [-0.1, -0.05) is 18.2 Å². The highest BCUT2D eigenvalue weighted by Crippen LogP contribution is 2.10.